The molecule has 1 aromatic carbocycles. The molecule has 0 bridgehead atoms. The van der Waals surface area contributed by atoms with Gasteiger partial charge in [-0.25, -0.2) is 14.4 Å². The zero-order chi connectivity index (χ0) is 11.5. The van der Waals surface area contributed by atoms with Gasteiger partial charge in [-0.05, 0) is 42.4 Å². The van der Waals surface area contributed by atoms with Crippen LogP contribution in [0, 0.1) is 12.7 Å². The van der Waals surface area contributed by atoms with Crippen LogP contribution >= 0.6 is 11.8 Å². The van der Waals surface area contributed by atoms with Gasteiger partial charge in [0.2, 0.25) is 0 Å². The minimum Gasteiger partial charge on any atom is -0.399 e. The molecule has 0 atom stereocenters. The van der Waals surface area contributed by atoms with Crippen molar-refractivity contribution in [2.24, 2.45) is 0 Å². The summed E-state index contributed by atoms with van der Waals surface area (Å²) < 4.78 is 13.1. The molecule has 1 aromatic heterocycles. The summed E-state index contributed by atoms with van der Waals surface area (Å²) in [7, 11) is 0. The molecule has 0 unspecified atom stereocenters. The van der Waals surface area contributed by atoms with E-state index in [1.165, 1.54) is 23.9 Å². The van der Waals surface area contributed by atoms with Crippen LogP contribution in [0.15, 0.2) is 40.6 Å². The lowest BCUT2D eigenvalue weighted by molar-refractivity contribution is 0.625. The topological polar surface area (TPSA) is 51.8 Å². The molecule has 2 aromatic rings. The van der Waals surface area contributed by atoms with E-state index in [-0.39, 0.29) is 5.82 Å². The maximum Gasteiger partial charge on any atom is 0.192 e. The van der Waals surface area contributed by atoms with E-state index in [1.54, 1.807) is 18.5 Å². The first kappa shape index (κ1) is 10.9. The molecule has 0 spiro atoms. The van der Waals surface area contributed by atoms with E-state index in [2.05, 4.69) is 9.97 Å². The Morgan fingerprint density at radius 1 is 1.19 bits per heavy atom. The first-order chi connectivity index (χ1) is 7.63. The molecule has 16 heavy (non-hydrogen) atoms. The summed E-state index contributed by atoms with van der Waals surface area (Å²) in [6.45, 7) is 1.91. The van der Waals surface area contributed by atoms with Crippen LogP contribution in [0.25, 0.3) is 0 Å². The minimum absolute atomic E-state index is 0.352. The van der Waals surface area contributed by atoms with Gasteiger partial charge in [-0.2, -0.15) is 0 Å². The van der Waals surface area contributed by atoms with Crippen LogP contribution in [-0.2, 0) is 0 Å². The molecule has 1 heterocycles. The molecule has 0 radical (unpaired) electrons. The Labute approximate surface area is 96.9 Å². The summed E-state index contributed by atoms with van der Waals surface area (Å²) in [5, 5.41) is 0.579. The van der Waals surface area contributed by atoms with E-state index < -0.39 is 0 Å². The fraction of sp³-hybridized carbons (Fsp3) is 0.0909. The predicted molar refractivity (Wildman–Crippen MR) is 61.7 cm³/mol. The summed E-state index contributed by atoms with van der Waals surface area (Å²) in [6, 6.07) is 4.38. The Kier molecular flexibility index (Phi) is 3.05. The number of nitrogens with two attached hydrogens (primary N) is 1. The van der Waals surface area contributed by atoms with E-state index in [0.29, 0.717) is 15.7 Å². The molecule has 82 valence electrons. The van der Waals surface area contributed by atoms with Crippen molar-refractivity contribution in [2.45, 2.75) is 17.0 Å². The third-order valence-corrected chi connectivity index (χ3v) is 2.72. The largest absolute Gasteiger partial charge is 0.399 e. The predicted octanol–water partition coefficient (Wildman–Crippen LogP) is 2.66. The van der Waals surface area contributed by atoms with Crippen LogP contribution in [0.5, 0.6) is 0 Å². The van der Waals surface area contributed by atoms with Gasteiger partial charge in [0.15, 0.2) is 5.16 Å². The van der Waals surface area contributed by atoms with E-state index in [0.717, 1.165) is 5.56 Å². The number of nitrogen functional groups attached to an aromatic ring is 1. The number of benzene rings is 1. The van der Waals surface area contributed by atoms with E-state index in [1.807, 2.05) is 6.92 Å². The Morgan fingerprint density at radius 2 is 1.88 bits per heavy atom. The second-order valence-electron chi connectivity index (χ2n) is 3.37. The Balaban J connectivity index is 2.23. The van der Waals surface area contributed by atoms with Crippen molar-refractivity contribution in [3.05, 3.63) is 42.0 Å². The molecule has 0 aliphatic heterocycles. The fourth-order valence-corrected chi connectivity index (χ4v) is 1.97. The number of rotatable bonds is 2. The van der Waals surface area contributed by atoms with E-state index >= 15 is 0 Å². The number of aromatic nitrogens is 2. The van der Waals surface area contributed by atoms with Gasteiger partial charge >= 0.3 is 0 Å². The number of aryl methyl sites for hydroxylation is 1. The second kappa shape index (κ2) is 4.49. The minimum atomic E-state index is -0.352. The van der Waals surface area contributed by atoms with E-state index in [9.17, 15) is 4.39 Å². The standard InChI is InChI=1S/C11H10FN3S/c1-7-5-14-11(15-6-7)16-10-3-8(12)2-9(13)4-10/h2-6H,13H2,1H3. The highest BCUT2D eigenvalue weighted by molar-refractivity contribution is 7.99. The van der Waals surface area contributed by atoms with Crippen molar-refractivity contribution < 1.29 is 4.39 Å². The monoisotopic (exact) mass is 235 g/mol. The molecule has 0 fully saturated rings. The van der Waals surface area contributed by atoms with E-state index in [4.69, 9.17) is 5.73 Å². The summed E-state index contributed by atoms with van der Waals surface area (Å²) in [5.74, 6) is -0.352. The van der Waals surface area contributed by atoms with Crippen LogP contribution in [0.1, 0.15) is 5.56 Å². The van der Waals surface area contributed by atoms with Crippen molar-refractivity contribution in [1.82, 2.24) is 9.97 Å². The zero-order valence-electron chi connectivity index (χ0n) is 8.64. The molecule has 0 aliphatic rings. The third-order valence-electron chi connectivity index (χ3n) is 1.86. The number of anilines is 1. The van der Waals surface area contributed by atoms with Crippen LogP contribution in [0.2, 0.25) is 0 Å². The lowest BCUT2D eigenvalue weighted by Gasteiger charge is -2.02. The first-order valence-electron chi connectivity index (χ1n) is 4.66. The normalized spacial score (nSPS) is 10.4. The van der Waals surface area contributed by atoms with Crippen LogP contribution in [0.4, 0.5) is 10.1 Å². The Bertz CT molecular complexity index is 479. The molecule has 3 nitrogen and oxygen atoms in total. The number of halogens is 1. The SMILES string of the molecule is Cc1cnc(Sc2cc(N)cc(F)c2)nc1. The smallest absolute Gasteiger partial charge is 0.192 e. The van der Waals surface area contributed by atoms with Crippen molar-refractivity contribution in [2.75, 3.05) is 5.73 Å². The quantitative estimate of drug-likeness (QED) is 0.642. The van der Waals surface area contributed by atoms with Crippen LogP contribution in [0.3, 0.4) is 0 Å². The molecule has 2 rings (SSSR count). The van der Waals surface area contributed by atoms with Gasteiger partial charge in [0.05, 0.1) is 0 Å². The Morgan fingerprint density at radius 3 is 2.50 bits per heavy atom. The molecular formula is C11H10FN3S. The van der Waals surface area contributed by atoms with Gasteiger partial charge in [-0.1, -0.05) is 0 Å². The van der Waals surface area contributed by atoms with Crippen LogP contribution < -0.4 is 5.73 Å². The highest BCUT2D eigenvalue weighted by atomic mass is 32.2. The highest BCUT2D eigenvalue weighted by Crippen LogP contribution is 2.26. The van der Waals surface area contributed by atoms with Gasteiger partial charge in [0.1, 0.15) is 5.82 Å². The van der Waals surface area contributed by atoms with Crippen LogP contribution in [-0.4, -0.2) is 9.97 Å². The first-order valence-corrected chi connectivity index (χ1v) is 5.48. The molecule has 5 heteroatoms. The van der Waals surface area contributed by atoms with Gasteiger partial charge in [0, 0.05) is 23.0 Å². The number of hydrogen-bond acceptors (Lipinski definition) is 4. The molecule has 2 N–H and O–H groups in total. The second-order valence-corrected chi connectivity index (χ2v) is 4.41. The maximum atomic E-state index is 13.1. The maximum absolute atomic E-state index is 13.1. The molecule has 0 amide bonds. The van der Waals surface area contributed by atoms with Gasteiger partial charge in [-0.3, -0.25) is 0 Å². The van der Waals surface area contributed by atoms with Crippen molar-refractivity contribution in [3.8, 4) is 0 Å². The fourth-order valence-electron chi connectivity index (χ4n) is 1.18. The average molecular weight is 235 g/mol. The third kappa shape index (κ3) is 2.70. The summed E-state index contributed by atoms with van der Waals surface area (Å²) in [6.07, 6.45) is 3.44. The van der Waals surface area contributed by atoms with Crippen molar-refractivity contribution in [1.29, 1.82) is 0 Å². The van der Waals surface area contributed by atoms with Gasteiger partial charge in [-0.15, -0.1) is 0 Å². The van der Waals surface area contributed by atoms with Gasteiger partial charge in [0.25, 0.3) is 0 Å². The number of nitrogens with zero attached hydrogens (tertiary/aromatic N) is 2. The summed E-state index contributed by atoms with van der Waals surface area (Å²) in [4.78, 5) is 8.94. The lowest BCUT2D eigenvalue weighted by Crippen LogP contribution is -1.89. The average Bonchev–Trinajstić information content (AvgIpc) is 2.20. The zero-order valence-corrected chi connectivity index (χ0v) is 9.46. The summed E-state index contributed by atoms with van der Waals surface area (Å²) in [5.41, 5.74) is 6.93. The Hall–Kier alpha value is -1.62. The molecule has 0 saturated carbocycles. The molecule has 0 aliphatic carbocycles. The molecular weight excluding hydrogens is 225 g/mol. The highest BCUT2D eigenvalue weighted by Gasteiger charge is 2.03. The molecule has 0 saturated heterocycles. The van der Waals surface area contributed by atoms with Gasteiger partial charge < -0.3 is 5.73 Å². The van der Waals surface area contributed by atoms with Crippen molar-refractivity contribution in [3.63, 3.8) is 0 Å². The summed E-state index contributed by atoms with van der Waals surface area (Å²) >= 11 is 1.28. The number of hydrogen-bond donors (Lipinski definition) is 1. The lowest BCUT2D eigenvalue weighted by atomic mass is 10.3. The van der Waals surface area contributed by atoms with Crippen molar-refractivity contribution >= 4 is 17.4 Å².